The van der Waals surface area contributed by atoms with Gasteiger partial charge in [-0.15, -0.1) is 11.8 Å². The monoisotopic (exact) mass is 575 g/mol. The van der Waals surface area contributed by atoms with E-state index >= 15 is 0 Å². The van der Waals surface area contributed by atoms with Gasteiger partial charge in [-0.1, -0.05) is 42.5 Å². The summed E-state index contributed by atoms with van der Waals surface area (Å²) < 4.78 is 10.7. The van der Waals surface area contributed by atoms with Gasteiger partial charge < -0.3 is 25.1 Å². The zero-order valence-electron chi connectivity index (χ0n) is 22.3. The third kappa shape index (κ3) is 6.06. The molecule has 6 rings (SSSR count). The van der Waals surface area contributed by atoms with E-state index < -0.39 is 11.8 Å². The second-order valence-electron chi connectivity index (χ2n) is 9.43. The number of aromatic amines is 1. The minimum absolute atomic E-state index is 0.0553. The molecule has 3 N–H and O–H groups in total. The van der Waals surface area contributed by atoms with Crippen LogP contribution in [0.2, 0.25) is 0 Å². The van der Waals surface area contributed by atoms with Crippen LogP contribution in [0, 0.1) is 0 Å². The van der Waals surface area contributed by atoms with Gasteiger partial charge in [0.05, 0.1) is 5.75 Å². The molecule has 1 aliphatic rings. The van der Waals surface area contributed by atoms with Crippen molar-refractivity contribution in [3.05, 3.63) is 126 Å². The maximum Gasteiger partial charge on any atom is 0.272 e. The van der Waals surface area contributed by atoms with Gasteiger partial charge in [-0.05, 0) is 60.7 Å². The summed E-state index contributed by atoms with van der Waals surface area (Å²) in [7, 11) is 0. The Morgan fingerprint density at radius 1 is 0.833 bits per heavy atom. The van der Waals surface area contributed by atoms with Gasteiger partial charge in [0.2, 0.25) is 6.79 Å². The van der Waals surface area contributed by atoms with E-state index in [0.717, 1.165) is 21.4 Å². The predicted molar refractivity (Wildman–Crippen MR) is 163 cm³/mol. The highest BCUT2D eigenvalue weighted by atomic mass is 32.2. The summed E-state index contributed by atoms with van der Waals surface area (Å²) in [6.07, 6.45) is 3.44. The molecule has 0 spiro atoms. The van der Waals surface area contributed by atoms with Crippen molar-refractivity contribution < 1.29 is 23.9 Å². The number of Topliss-reactive ketones (excluding diaryl/α,β-unsaturated/α-hetero) is 1. The number of carbonyl (C=O) groups excluding carboxylic acids is 3. The minimum atomic E-state index is -0.483. The first-order valence-corrected chi connectivity index (χ1v) is 14.1. The van der Waals surface area contributed by atoms with E-state index in [1.165, 1.54) is 11.8 Å². The molecule has 0 saturated heterocycles. The molecule has 9 heteroatoms. The van der Waals surface area contributed by atoms with Crippen LogP contribution >= 0.6 is 11.8 Å². The fraction of sp³-hybridized carbons (Fsp3) is 0.0606. The van der Waals surface area contributed by atoms with Gasteiger partial charge in [-0.3, -0.25) is 14.4 Å². The molecule has 0 unspecified atom stereocenters. The van der Waals surface area contributed by atoms with Gasteiger partial charge in [0.25, 0.3) is 11.8 Å². The molecule has 0 saturated carbocycles. The normalized spacial score (nSPS) is 12.2. The second-order valence-corrected chi connectivity index (χ2v) is 10.5. The number of amides is 2. The Kier molecular flexibility index (Phi) is 7.74. The van der Waals surface area contributed by atoms with E-state index in [1.807, 2.05) is 36.4 Å². The maximum atomic E-state index is 13.5. The number of ketones is 1. The molecule has 2 amide bonds. The molecule has 0 atom stereocenters. The minimum Gasteiger partial charge on any atom is -0.454 e. The van der Waals surface area contributed by atoms with Crippen molar-refractivity contribution in [3.63, 3.8) is 0 Å². The van der Waals surface area contributed by atoms with Gasteiger partial charge in [0, 0.05) is 44.4 Å². The van der Waals surface area contributed by atoms with Crippen molar-refractivity contribution in [1.29, 1.82) is 0 Å². The molecule has 0 aliphatic carbocycles. The van der Waals surface area contributed by atoms with Crippen molar-refractivity contribution in [2.45, 2.75) is 4.90 Å². The first-order valence-electron chi connectivity index (χ1n) is 13.1. The van der Waals surface area contributed by atoms with Gasteiger partial charge in [0.15, 0.2) is 17.3 Å². The molecule has 1 aliphatic heterocycles. The number of hydrogen-bond donors (Lipinski definition) is 3. The first-order chi connectivity index (χ1) is 20.5. The second kappa shape index (κ2) is 12.1. The topological polar surface area (TPSA) is 110 Å². The molecule has 2 heterocycles. The highest BCUT2D eigenvalue weighted by Gasteiger charge is 2.18. The summed E-state index contributed by atoms with van der Waals surface area (Å²) in [6.45, 7) is 0.148. The SMILES string of the molecule is O=C(Nc1cccc(SCC(=O)c2ccc3c(c2)OCO3)c1)/C(=C/c1c[nH]c2ccccc12)NC(=O)c1ccccc1. The van der Waals surface area contributed by atoms with Crippen molar-refractivity contribution in [3.8, 4) is 11.5 Å². The standard InChI is InChI=1S/C33H25N3O5S/c37-29(22-13-14-30-31(16-22)41-20-40-30)19-42-25-10-6-9-24(17-25)35-33(39)28(36-32(38)21-7-2-1-3-8-21)15-23-18-34-27-12-5-4-11-26(23)27/h1-18,34H,19-20H2,(H,35,39)(H,36,38)/b28-15-. The van der Waals surface area contributed by atoms with Crippen molar-refractivity contribution in [1.82, 2.24) is 10.3 Å². The zero-order valence-corrected chi connectivity index (χ0v) is 23.1. The van der Waals surface area contributed by atoms with Crippen LogP contribution in [0.15, 0.2) is 114 Å². The van der Waals surface area contributed by atoms with Crippen LogP contribution in [0.1, 0.15) is 26.3 Å². The number of carbonyl (C=O) groups is 3. The predicted octanol–water partition coefficient (Wildman–Crippen LogP) is 6.28. The highest BCUT2D eigenvalue weighted by Crippen LogP contribution is 2.33. The van der Waals surface area contributed by atoms with Crippen LogP contribution in [0.3, 0.4) is 0 Å². The number of aromatic nitrogens is 1. The van der Waals surface area contributed by atoms with Crippen LogP contribution in [0.25, 0.3) is 17.0 Å². The number of fused-ring (bicyclic) bond motifs is 2. The Morgan fingerprint density at radius 2 is 1.64 bits per heavy atom. The molecule has 208 valence electrons. The van der Waals surface area contributed by atoms with E-state index in [-0.39, 0.29) is 24.0 Å². The lowest BCUT2D eigenvalue weighted by Gasteiger charge is -2.12. The summed E-state index contributed by atoms with van der Waals surface area (Å²) in [5.41, 5.74) is 3.26. The molecule has 8 nitrogen and oxygen atoms in total. The first kappa shape index (κ1) is 26.9. The fourth-order valence-electron chi connectivity index (χ4n) is 4.48. The molecule has 0 fully saturated rings. The molecule has 0 bridgehead atoms. The van der Waals surface area contributed by atoms with E-state index in [4.69, 9.17) is 9.47 Å². The van der Waals surface area contributed by atoms with Crippen molar-refractivity contribution in [2.75, 3.05) is 17.9 Å². The average molecular weight is 576 g/mol. The van der Waals surface area contributed by atoms with Gasteiger partial charge in [0.1, 0.15) is 5.70 Å². The van der Waals surface area contributed by atoms with Crippen LogP contribution < -0.4 is 20.1 Å². The third-order valence-corrected chi connectivity index (χ3v) is 7.60. The number of thioether (sulfide) groups is 1. The number of ether oxygens (including phenoxy) is 2. The third-order valence-electron chi connectivity index (χ3n) is 6.61. The summed E-state index contributed by atoms with van der Waals surface area (Å²) in [5.74, 6) is 0.453. The molecule has 1 aromatic heterocycles. The molecular weight excluding hydrogens is 550 g/mol. The maximum absolute atomic E-state index is 13.5. The summed E-state index contributed by atoms with van der Waals surface area (Å²) in [5, 5.41) is 6.58. The number of H-pyrrole nitrogens is 1. The number of nitrogens with one attached hydrogen (secondary N) is 3. The van der Waals surface area contributed by atoms with Gasteiger partial charge >= 0.3 is 0 Å². The molecule has 4 aromatic carbocycles. The van der Waals surface area contributed by atoms with Gasteiger partial charge in [-0.2, -0.15) is 0 Å². The summed E-state index contributed by atoms with van der Waals surface area (Å²) in [6, 6.07) is 28.8. The Balaban J connectivity index is 1.18. The van der Waals surface area contributed by atoms with E-state index in [9.17, 15) is 14.4 Å². The smallest absolute Gasteiger partial charge is 0.272 e. The van der Waals surface area contributed by atoms with Crippen molar-refractivity contribution >= 4 is 52.0 Å². The van der Waals surface area contributed by atoms with Crippen LogP contribution in [0.5, 0.6) is 11.5 Å². The molecular formula is C33H25N3O5S. The number of rotatable bonds is 9. The van der Waals surface area contributed by atoms with E-state index in [2.05, 4.69) is 15.6 Å². The Morgan fingerprint density at radius 3 is 2.52 bits per heavy atom. The number of hydrogen-bond acceptors (Lipinski definition) is 6. The summed E-state index contributed by atoms with van der Waals surface area (Å²) in [4.78, 5) is 43.3. The highest BCUT2D eigenvalue weighted by molar-refractivity contribution is 8.00. The lowest BCUT2D eigenvalue weighted by molar-refractivity contribution is -0.113. The quantitative estimate of drug-likeness (QED) is 0.108. The Labute approximate surface area is 245 Å². The number of anilines is 1. The van der Waals surface area contributed by atoms with E-state index in [0.29, 0.717) is 28.3 Å². The average Bonchev–Trinajstić information content (AvgIpc) is 3.67. The largest absolute Gasteiger partial charge is 0.454 e. The van der Waals surface area contributed by atoms with Crippen LogP contribution in [-0.4, -0.2) is 35.1 Å². The zero-order chi connectivity index (χ0) is 28.9. The lowest BCUT2D eigenvalue weighted by atomic mass is 10.1. The molecule has 5 aromatic rings. The Bertz CT molecular complexity index is 1830. The number of para-hydroxylation sites is 1. The fourth-order valence-corrected chi connectivity index (χ4v) is 5.33. The van der Waals surface area contributed by atoms with E-state index in [1.54, 1.807) is 72.9 Å². The van der Waals surface area contributed by atoms with Crippen LogP contribution in [0.4, 0.5) is 5.69 Å². The summed E-state index contributed by atoms with van der Waals surface area (Å²) >= 11 is 1.36. The van der Waals surface area contributed by atoms with Crippen molar-refractivity contribution in [2.24, 2.45) is 0 Å². The molecule has 0 radical (unpaired) electrons. The van der Waals surface area contributed by atoms with Gasteiger partial charge in [-0.25, -0.2) is 0 Å². The Hall–Kier alpha value is -5.28. The number of benzene rings is 4. The van der Waals surface area contributed by atoms with Crippen LogP contribution in [-0.2, 0) is 4.79 Å². The lowest BCUT2D eigenvalue weighted by Crippen LogP contribution is -2.30. The molecule has 42 heavy (non-hydrogen) atoms.